The predicted molar refractivity (Wildman–Crippen MR) is 74.3 cm³/mol. The Balaban J connectivity index is 0.000000631. The molecule has 0 aromatic heterocycles. The lowest BCUT2D eigenvalue weighted by Crippen LogP contribution is -2.38. The van der Waals surface area contributed by atoms with Gasteiger partial charge in [-0.2, -0.15) is 0 Å². The molecule has 0 aliphatic heterocycles. The van der Waals surface area contributed by atoms with Gasteiger partial charge in [-0.05, 0) is 13.3 Å². The third kappa shape index (κ3) is 4.46. The molecule has 1 aliphatic rings. The number of rotatable bonds is 3. The molecule has 2 N–H and O–H groups in total. The highest BCUT2D eigenvalue weighted by Crippen LogP contribution is 2.38. The van der Waals surface area contributed by atoms with Crippen LogP contribution in [0.15, 0.2) is 23.8 Å². The minimum absolute atomic E-state index is 0.0485. The van der Waals surface area contributed by atoms with Gasteiger partial charge in [0.25, 0.3) is 0 Å². The third-order valence-electron chi connectivity index (χ3n) is 2.36. The van der Waals surface area contributed by atoms with Gasteiger partial charge in [0.1, 0.15) is 0 Å². The molecule has 0 aromatic rings. The van der Waals surface area contributed by atoms with Gasteiger partial charge in [0, 0.05) is 5.88 Å². The molecule has 2 unspecified atom stereocenters. The van der Waals surface area contributed by atoms with E-state index in [0.717, 1.165) is 12.3 Å². The van der Waals surface area contributed by atoms with Crippen LogP contribution in [0.3, 0.4) is 0 Å². The SMILES string of the molecule is CC1(Br)C(C(=O)O)=CC=CC1C(=O)O.CCCCl. The topological polar surface area (TPSA) is 74.6 Å². The Morgan fingerprint density at radius 1 is 1.50 bits per heavy atom. The highest BCUT2D eigenvalue weighted by atomic mass is 79.9. The van der Waals surface area contributed by atoms with E-state index in [-0.39, 0.29) is 5.57 Å². The summed E-state index contributed by atoms with van der Waals surface area (Å²) in [6.45, 7) is 3.59. The maximum Gasteiger partial charge on any atom is 0.333 e. The largest absolute Gasteiger partial charge is 0.481 e. The minimum Gasteiger partial charge on any atom is -0.481 e. The molecule has 0 bridgehead atoms. The molecule has 4 nitrogen and oxygen atoms in total. The molecule has 0 saturated heterocycles. The molecule has 6 heteroatoms. The molecule has 1 aliphatic carbocycles. The lowest BCUT2D eigenvalue weighted by Gasteiger charge is -2.30. The van der Waals surface area contributed by atoms with E-state index in [2.05, 4.69) is 15.9 Å². The van der Waals surface area contributed by atoms with Gasteiger partial charge >= 0.3 is 11.9 Å². The lowest BCUT2D eigenvalue weighted by molar-refractivity contribution is -0.140. The molecular weight excluding hydrogens is 323 g/mol. The highest BCUT2D eigenvalue weighted by molar-refractivity contribution is 9.10. The van der Waals surface area contributed by atoms with Crippen LogP contribution in [0.1, 0.15) is 20.3 Å². The van der Waals surface area contributed by atoms with Crippen molar-refractivity contribution >= 4 is 39.5 Å². The maximum atomic E-state index is 10.8. The van der Waals surface area contributed by atoms with E-state index in [9.17, 15) is 9.59 Å². The van der Waals surface area contributed by atoms with Gasteiger partial charge < -0.3 is 10.2 Å². The second-order valence-electron chi connectivity index (χ2n) is 3.85. The first-order chi connectivity index (χ1) is 8.28. The normalized spacial score (nSPS) is 25.8. The zero-order chi connectivity index (χ0) is 14.3. The van der Waals surface area contributed by atoms with Crippen LogP contribution < -0.4 is 0 Å². The van der Waals surface area contributed by atoms with E-state index in [0.29, 0.717) is 0 Å². The van der Waals surface area contributed by atoms with E-state index in [1.807, 2.05) is 6.92 Å². The van der Waals surface area contributed by atoms with Crippen molar-refractivity contribution < 1.29 is 19.8 Å². The van der Waals surface area contributed by atoms with Gasteiger partial charge in [-0.25, -0.2) is 4.79 Å². The van der Waals surface area contributed by atoms with Crippen LogP contribution in [-0.4, -0.2) is 32.4 Å². The second kappa shape index (κ2) is 7.59. The maximum absolute atomic E-state index is 10.8. The monoisotopic (exact) mass is 338 g/mol. The fourth-order valence-corrected chi connectivity index (χ4v) is 2.02. The van der Waals surface area contributed by atoms with Crippen LogP contribution in [0, 0.1) is 5.92 Å². The van der Waals surface area contributed by atoms with Crippen LogP contribution in [-0.2, 0) is 9.59 Å². The summed E-state index contributed by atoms with van der Waals surface area (Å²) in [5, 5.41) is 17.7. The molecule has 2 atom stereocenters. The Morgan fingerprint density at radius 3 is 2.33 bits per heavy atom. The van der Waals surface area contributed by atoms with Crippen LogP contribution in [0.4, 0.5) is 0 Å². The van der Waals surface area contributed by atoms with Crippen molar-refractivity contribution in [1.29, 1.82) is 0 Å². The summed E-state index contributed by atoms with van der Waals surface area (Å²) < 4.78 is -1.06. The molecule has 0 amide bonds. The van der Waals surface area contributed by atoms with E-state index in [1.165, 1.54) is 25.2 Å². The molecule has 0 saturated carbocycles. The summed E-state index contributed by atoms with van der Waals surface area (Å²) in [5.41, 5.74) is 0.0485. The van der Waals surface area contributed by atoms with Crippen molar-refractivity contribution in [2.45, 2.75) is 24.6 Å². The van der Waals surface area contributed by atoms with Gasteiger partial charge in [-0.3, -0.25) is 4.79 Å². The highest BCUT2D eigenvalue weighted by Gasteiger charge is 2.42. The van der Waals surface area contributed by atoms with Gasteiger partial charge in [-0.15, -0.1) is 11.6 Å². The number of halogens is 2. The number of carboxylic acid groups (broad SMARTS) is 2. The Labute approximate surface area is 119 Å². The Hall–Kier alpha value is -0.810. The fraction of sp³-hybridized carbons (Fsp3) is 0.500. The molecule has 18 heavy (non-hydrogen) atoms. The van der Waals surface area contributed by atoms with Gasteiger partial charge in [0.05, 0.1) is 15.8 Å². The standard InChI is InChI=1S/C9H9BrO4.C3H7Cl/c1-9(10)5(7(11)12)3-2-4-6(9)8(13)14;1-2-3-4/h2-5H,1H3,(H,11,12)(H,13,14);2-3H2,1H3. The molecule has 0 radical (unpaired) electrons. The van der Waals surface area contributed by atoms with Crippen molar-refractivity contribution in [3.8, 4) is 0 Å². The van der Waals surface area contributed by atoms with Crippen LogP contribution in [0.25, 0.3) is 0 Å². The fourth-order valence-electron chi connectivity index (χ4n) is 1.37. The first-order valence-corrected chi connectivity index (χ1v) is 6.71. The zero-order valence-electron chi connectivity index (χ0n) is 10.2. The Morgan fingerprint density at radius 2 is 2.00 bits per heavy atom. The molecule has 102 valence electrons. The van der Waals surface area contributed by atoms with Crippen LogP contribution in [0.2, 0.25) is 0 Å². The Bertz CT molecular complexity index is 372. The summed E-state index contributed by atoms with van der Waals surface area (Å²) in [6, 6.07) is 0. The van der Waals surface area contributed by atoms with Gasteiger partial charge in [0.15, 0.2) is 0 Å². The number of hydrogen-bond donors (Lipinski definition) is 2. The molecular formula is C12H16BrClO4. The lowest BCUT2D eigenvalue weighted by atomic mass is 9.83. The minimum atomic E-state index is -1.11. The average molecular weight is 340 g/mol. The van der Waals surface area contributed by atoms with Crippen molar-refractivity contribution in [3.63, 3.8) is 0 Å². The first-order valence-electron chi connectivity index (χ1n) is 5.38. The number of carboxylic acids is 2. The third-order valence-corrected chi connectivity index (χ3v) is 3.66. The van der Waals surface area contributed by atoms with Gasteiger partial charge in [-0.1, -0.05) is 41.1 Å². The van der Waals surface area contributed by atoms with Crippen molar-refractivity contribution in [2.75, 3.05) is 5.88 Å². The summed E-state index contributed by atoms with van der Waals surface area (Å²) in [7, 11) is 0. The van der Waals surface area contributed by atoms with E-state index < -0.39 is 22.2 Å². The molecule has 0 aromatic carbocycles. The summed E-state index contributed by atoms with van der Waals surface area (Å²) in [4.78, 5) is 21.6. The van der Waals surface area contributed by atoms with Crippen LogP contribution >= 0.6 is 27.5 Å². The second-order valence-corrected chi connectivity index (χ2v) is 5.88. The number of aliphatic carboxylic acids is 2. The number of allylic oxidation sites excluding steroid dienone is 2. The quantitative estimate of drug-likeness (QED) is 0.775. The molecule has 1 rings (SSSR count). The summed E-state index contributed by atoms with van der Waals surface area (Å²) >= 11 is 8.33. The van der Waals surface area contributed by atoms with E-state index in [1.54, 1.807) is 0 Å². The first kappa shape index (κ1) is 17.2. The smallest absolute Gasteiger partial charge is 0.333 e. The molecule has 0 fully saturated rings. The predicted octanol–water partition coefficient (Wildman–Crippen LogP) is 3.06. The number of hydrogen-bond acceptors (Lipinski definition) is 2. The van der Waals surface area contributed by atoms with Crippen molar-refractivity contribution in [1.82, 2.24) is 0 Å². The van der Waals surface area contributed by atoms with E-state index in [4.69, 9.17) is 21.8 Å². The van der Waals surface area contributed by atoms with Crippen LogP contribution in [0.5, 0.6) is 0 Å². The van der Waals surface area contributed by atoms with E-state index >= 15 is 0 Å². The molecule has 0 spiro atoms. The Kier molecular flexibility index (Phi) is 7.25. The van der Waals surface area contributed by atoms with Gasteiger partial charge in [0.2, 0.25) is 0 Å². The number of carbonyl (C=O) groups is 2. The molecule has 0 heterocycles. The summed E-state index contributed by atoms with van der Waals surface area (Å²) in [6.07, 6.45) is 5.40. The van der Waals surface area contributed by atoms with Crippen molar-refractivity contribution in [2.24, 2.45) is 5.92 Å². The number of alkyl halides is 2. The zero-order valence-corrected chi connectivity index (χ0v) is 12.5. The summed E-state index contributed by atoms with van der Waals surface area (Å²) in [5.74, 6) is -2.23. The average Bonchev–Trinajstić information content (AvgIpc) is 2.27. The van der Waals surface area contributed by atoms with Crippen molar-refractivity contribution in [3.05, 3.63) is 23.8 Å².